The van der Waals surface area contributed by atoms with E-state index in [2.05, 4.69) is 10.1 Å². The molecule has 0 aliphatic carbocycles. The van der Waals surface area contributed by atoms with Gasteiger partial charge in [0.1, 0.15) is 0 Å². The number of hydrogen-bond donors (Lipinski definition) is 2. The molecule has 0 bridgehead atoms. The molecule has 0 saturated heterocycles. The van der Waals surface area contributed by atoms with Gasteiger partial charge in [0, 0.05) is 40.9 Å². The third-order valence-corrected chi connectivity index (χ3v) is 5.65. The zero-order chi connectivity index (χ0) is 27.0. The number of ether oxygens (including phenoxy) is 1. The molecule has 3 aromatic rings. The van der Waals surface area contributed by atoms with E-state index >= 15 is 0 Å². The van der Waals surface area contributed by atoms with Gasteiger partial charge in [-0.05, 0) is 59.2 Å². The third kappa shape index (κ3) is 9.60. The summed E-state index contributed by atoms with van der Waals surface area (Å²) < 4.78 is 40.8. The molecule has 0 unspecified atom stereocenters. The van der Waals surface area contributed by atoms with Crippen molar-refractivity contribution in [2.75, 3.05) is 11.4 Å². The summed E-state index contributed by atoms with van der Waals surface area (Å²) in [6.07, 6.45) is -4.88. The van der Waals surface area contributed by atoms with Crippen LogP contribution in [0.15, 0.2) is 66.7 Å². The Labute approximate surface area is 221 Å². The molecule has 0 aliphatic heterocycles. The minimum atomic E-state index is -4.70. The Bertz CT molecular complexity index is 1200. The Morgan fingerprint density at radius 2 is 1.43 bits per heavy atom. The molecule has 0 spiro atoms. The number of anilines is 1. The predicted octanol–water partition coefficient (Wildman–Crippen LogP) is 6.44. The lowest BCUT2D eigenvalue weighted by atomic mass is 10.1. The van der Waals surface area contributed by atoms with E-state index in [1.165, 1.54) is 0 Å². The molecule has 0 radical (unpaired) electrons. The van der Waals surface area contributed by atoms with E-state index in [1.54, 1.807) is 66.7 Å². The van der Waals surface area contributed by atoms with Crippen LogP contribution in [-0.4, -0.2) is 29.9 Å². The first kappa shape index (κ1) is 28.3. The predicted molar refractivity (Wildman–Crippen MR) is 135 cm³/mol. The average Bonchev–Trinajstić information content (AvgIpc) is 2.82. The topological polar surface area (TPSA) is 78.9 Å². The van der Waals surface area contributed by atoms with Gasteiger partial charge in [0.25, 0.3) is 5.91 Å². The van der Waals surface area contributed by atoms with E-state index in [4.69, 9.17) is 28.3 Å². The molecule has 1 amide bonds. The van der Waals surface area contributed by atoms with Gasteiger partial charge in [0.05, 0.1) is 13.0 Å². The normalized spacial score (nSPS) is 11.3. The Hall–Kier alpha value is -3.27. The summed E-state index contributed by atoms with van der Waals surface area (Å²) >= 11 is 12.3. The van der Waals surface area contributed by atoms with Gasteiger partial charge in [-0.15, -0.1) is 13.2 Å². The molecule has 6 nitrogen and oxygen atoms in total. The van der Waals surface area contributed by atoms with Crippen molar-refractivity contribution >= 4 is 40.8 Å². The minimum Gasteiger partial charge on any atom is -0.481 e. The fourth-order valence-corrected chi connectivity index (χ4v) is 4.07. The average molecular weight is 555 g/mol. The highest BCUT2D eigenvalue weighted by molar-refractivity contribution is 6.34. The van der Waals surface area contributed by atoms with Crippen molar-refractivity contribution in [1.29, 1.82) is 0 Å². The van der Waals surface area contributed by atoms with E-state index in [1.807, 2.05) is 4.90 Å². The van der Waals surface area contributed by atoms with Gasteiger partial charge in [-0.1, -0.05) is 47.5 Å². The smallest absolute Gasteiger partial charge is 0.481 e. The molecule has 3 aromatic carbocycles. The highest BCUT2D eigenvalue weighted by atomic mass is 35.5. The minimum absolute atomic E-state index is 0.0155. The van der Waals surface area contributed by atoms with E-state index < -0.39 is 24.8 Å². The van der Waals surface area contributed by atoms with Crippen molar-refractivity contribution in [3.05, 3.63) is 99.0 Å². The van der Waals surface area contributed by atoms with Gasteiger partial charge in [-0.3, -0.25) is 14.3 Å². The lowest BCUT2D eigenvalue weighted by molar-refractivity contribution is -0.330. The highest BCUT2D eigenvalue weighted by Crippen LogP contribution is 2.25. The van der Waals surface area contributed by atoms with E-state index in [9.17, 15) is 22.8 Å². The Morgan fingerprint density at radius 1 is 0.865 bits per heavy atom. The Kier molecular flexibility index (Phi) is 9.79. The molecule has 0 atom stereocenters. The number of hydrogen-bond acceptors (Lipinski definition) is 4. The molecule has 3 rings (SSSR count). The number of benzene rings is 3. The van der Waals surface area contributed by atoms with Gasteiger partial charge in [-0.2, -0.15) is 0 Å². The standard InChI is InChI=1S/C26H23Cl2F3N2O4/c27-21-11-19(12-22(28)13-21)15-33(14-17-1-3-18(4-2-17)16-37-26(29,30)31)23-7-5-20(6-8-23)25(36)32-10-9-24(34)35/h1-8,11-13H,9-10,14-16H2,(H,32,36)(H,34,35). The molecular weight excluding hydrogens is 532 g/mol. The van der Waals surface area contributed by atoms with Crippen LogP contribution in [0.4, 0.5) is 18.9 Å². The number of rotatable bonds is 11. The lowest BCUT2D eigenvalue weighted by Crippen LogP contribution is -2.26. The number of halogens is 5. The van der Waals surface area contributed by atoms with E-state index in [0.717, 1.165) is 16.8 Å². The lowest BCUT2D eigenvalue weighted by Gasteiger charge is -2.26. The molecule has 2 N–H and O–H groups in total. The number of nitrogens with zero attached hydrogens (tertiary/aromatic N) is 1. The highest BCUT2D eigenvalue weighted by Gasteiger charge is 2.28. The molecule has 11 heteroatoms. The van der Waals surface area contributed by atoms with E-state index in [0.29, 0.717) is 34.3 Å². The van der Waals surface area contributed by atoms with Crippen molar-refractivity contribution < 1.29 is 32.6 Å². The molecule has 37 heavy (non-hydrogen) atoms. The number of amides is 1. The summed E-state index contributed by atoms with van der Waals surface area (Å²) in [5, 5.41) is 12.2. The Balaban J connectivity index is 1.78. The number of carbonyl (C=O) groups is 2. The van der Waals surface area contributed by atoms with Crippen LogP contribution in [0.3, 0.4) is 0 Å². The van der Waals surface area contributed by atoms with Crippen LogP contribution in [-0.2, 0) is 29.2 Å². The van der Waals surface area contributed by atoms with Gasteiger partial charge >= 0.3 is 12.3 Å². The second-order valence-electron chi connectivity index (χ2n) is 8.13. The van der Waals surface area contributed by atoms with Gasteiger partial charge < -0.3 is 15.3 Å². The first-order chi connectivity index (χ1) is 17.5. The van der Waals surface area contributed by atoms with Crippen LogP contribution in [0.5, 0.6) is 0 Å². The van der Waals surface area contributed by atoms with Crippen molar-refractivity contribution in [2.45, 2.75) is 32.5 Å². The largest absolute Gasteiger partial charge is 0.522 e. The molecule has 196 valence electrons. The number of carbonyl (C=O) groups excluding carboxylic acids is 1. The van der Waals surface area contributed by atoms with Crippen LogP contribution >= 0.6 is 23.2 Å². The van der Waals surface area contributed by atoms with Crippen LogP contribution in [0.1, 0.15) is 33.5 Å². The first-order valence-corrected chi connectivity index (χ1v) is 11.8. The number of carboxylic acid groups (broad SMARTS) is 1. The molecule has 0 fully saturated rings. The summed E-state index contributed by atoms with van der Waals surface area (Å²) in [6, 6.07) is 18.5. The van der Waals surface area contributed by atoms with Gasteiger partial charge in [-0.25, -0.2) is 0 Å². The maximum atomic E-state index is 12.3. The molecule has 0 saturated carbocycles. The first-order valence-electron chi connectivity index (χ1n) is 11.1. The van der Waals surface area contributed by atoms with Crippen LogP contribution in [0.2, 0.25) is 10.0 Å². The fraction of sp³-hybridized carbons (Fsp3) is 0.231. The maximum Gasteiger partial charge on any atom is 0.522 e. The zero-order valence-electron chi connectivity index (χ0n) is 19.4. The number of aliphatic carboxylic acids is 1. The second-order valence-corrected chi connectivity index (χ2v) is 9.00. The maximum absolute atomic E-state index is 12.3. The number of alkyl halides is 3. The van der Waals surface area contributed by atoms with Crippen LogP contribution in [0, 0.1) is 0 Å². The number of carboxylic acids is 1. The van der Waals surface area contributed by atoms with Crippen LogP contribution in [0.25, 0.3) is 0 Å². The molecule has 0 aromatic heterocycles. The molecule has 0 heterocycles. The summed E-state index contributed by atoms with van der Waals surface area (Å²) in [5.41, 5.74) is 3.19. The van der Waals surface area contributed by atoms with Crippen LogP contribution < -0.4 is 10.2 Å². The van der Waals surface area contributed by atoms with E-state index in [-0.39, 0.29) is 13.0 Å². The van der Waals surface area contributed by atoms with Gasteiger partial charge in [0.2, 0.25) is 0 Å². The Morgan fingerprint density at radius 3 is 2.00 bits per heavy atom. The fourth-order valence-electron chi connectivity index (χ4n) is 3.50. The SMILES string of the molecule is O=C(O)CCNC(=O)c1ccc(N(Cc2ccc(COC(F)(F)F)cc2)Cc2cc(Cl)cc(Cl)c2)cc1. The summed E-state index contributed by atoms with van der Waals surface area (Å²) in [4.78, 5) is 24.9. The number of nitrogens with one attached hydrogen (secondary N) is 1. The summed E-state index contributed by atoms with van der Waals surface area (Å²) in [7, 11) is 0. The van der Waals surface area contributed by atoms with Crippen molar-refractivity contribution in [3.63, 3.8) is 0 Å². The van der Waals surface area contributed by atoms with Crippen molar-refractivity contribution in [1.82, 2.24) is 5.32 Å². The quantitative estimate of drug-likeness (QED) is 0.285. The zero-order valence-corrected chi connectivity index (χ0v) is 20.9. The third-order valence-electron chi connectivity index (χ3n) is 5.21. The summed E-state index contributed by atoms with van der Waals surface area (Å²) in [5.74, 6) is -1.40. The summed E-state index contributed by atoms with van der Waals surface area (Å²) in [6.45, 7) is 0.240. The van der Waals surface area contributed by atoms with Gasteiger partial charge in [0.15, 0.2) is 0 Å². The van der Waals surface area contributed by atoms with Crippen molar-refractivity contribution in [2.24, 2.45) is 0 Å². The second kappa shape index (κ2) is 12.8. The molecular formula is C26H23Cl2F3N2O4. The monoisotopic (exact) mass is 554 g/mol. The molecule has 0 aliphatic rings. The van der Waals surface area contributed by atoms with Crippen molar-refractivity contribution in [3.8, 4) is 0 Å².